The lowest BCUT2D eigenvalue weighted by Gasteiger charge is -2.10. The Hall–Kier alpha value is -0.830. The minimum absolute atomic E-state index is 0.698. The van der Waals surface area contributed by atoms with E-state index in [1.54, 1.807) is 0 Å². The van der Waals surface area contributed by atoms with E-state index < -0.39 is 5.97 Å². The van der Waals surface area contributed by atoms with Crippen LogP contribution in [0.4, 0.5) is 0 Å². The number of hydrogen-bond acceptors (Lipinski definition) is 2. The highest BCUT2D eigenvalue weighted by Gasteiger charge is 2.64. The first-order valence-corrected chi connectivity index (χ1v) is 6.30. The van der Waals surface area contributed by atoms with E-state index in [-0.39, 0.29) is 0 Å². The van der Waals surface area contributed by atoms with Crippen LogP contribution in [0.3, 0.4) is 0 Å². The van der Waals surface area contributed by atoms with Gasteiger partial charge in [-0.2, -0.15) is 0 Å². The fourth-order valence-corrected chi connectivity index (χ4v) is 4.14. The molecular formula is C13H19NO2. The average molecular weight is 221 g/mol. The van der Waals surface area contributed by atoms with Gasteiger partial charge in [0.05, 0.1) is 0 Å². The molecule has 3 fully saturated rings. The molecule has 4 atom stereocenters. The molecule has 3 aliphatic rings. The standard InChI is InChI=1S/C13H19NO2/c1-7(4-10(15)16)6-14-13-11-8-2-3-9(5-8)12(11)13/h4,8-9,11-14H,2-3,5-6H2,1H3,(H,15,16). The fraction of sp³-hybridized carbons (Fsp3) is 0.769. The molecule has 0 amide bonds. The molecule has 0 aromatic heterocycles. The third kappa shape index (κ3) is 1.58. The highest BCUT2D eigenvalue weighted by molar-refractivity contribution is 5.80. The Labute approximate surface area is 95.9 Å². The lowest BCUT2D eigenvalue weighted by Crippen LogP contribution is -2.24. The molecule has 2 N–H and O–H groups in total. The zero-order valence-corrected chi connectivity index (χ0v) is 9.65. The molecule has 88 valence electrons. The number of rotatable bonds is 4. The number of hydrogen-bond donors (Lipinski definition) is 2. The molecule has 0 saturated heterocycles. The van der Waals surface area contributed by atoms with E-state index in [2.05, 4.69) is 5.32 Å². The summed E-state index contributed by atoms with van der Waals surface area (Å²) < 4.78 is 0. The SMILES string of the molecule is CC(=CC(=O)O)CNC1C2C3CCC(C3)C12. The minimum Gasteiger partial charge on any atom is -0.478 e. The maximum Gasteiger partial charge on any atom is 0.328 e. The van der Waals surface area contributed by atoms with Crippen molar-refractivity contribution in [3.05, 3.63) is 11.6 Å². The van der Waals surface area contributed by atoms with Crippen LogP contribution < -0.4 is 5.32 Å². The zero-order chi connectivity index (χ0) is 11.3. The highest BCUT2D eigenvalue weighted by Crippen LogP contribution is 2.65. The van der Waals surface area contributed by atoms with E-state index in [1.807, 2.05) is 6.92 Å². The molecule has 3 aliphatic carbocycles. The number of fused-ring (bicyclic) bond motifs is 5. The van der Waals surface area contributed by atoms with Crippen molar-refractivity contribution in [1.82, 2.24) is 5.32 Å². The minimum atomic E-state index is -0.838. The Morgan fingerprint density at radius 3 is 2.56 bits per heavy atom. The number of aliphatic carboxylic acids is 1. The molecule has 0 heterocycles. The highest BCUT2D eigenvalue weighted by atomic mass is 16.4. The van der Waals surface area contributed by atoms with Gasteiger partial charge in [-0.25, -0.2) is 4.79 Å². The van der Waals surface area contributed by atoms with Crippen molar-refractivity contribution in [2.45, 2.75) is 32.2 Å². The average Bonchev–Trinajstić information content (AvgIpc) is 2.62. The van der Waals surface area contributed by atoms with Gasteiger partial charge in [0.2, 0.25) is 0 Å². The van der Waals surface area contributed by atoms with Crippen molar-refractivity contribution in [3.63, 3.8) is 0 Å². The number of carbonyl (C=O) groups is 1. The second-order valence-electron chi connectivity index (χ2n) is 5.72. The molecule has 0 radical (unpaired) electrons. The smallest absolute Gasteiger partial charge is 0.328 e. The Bertz CT molecular complexity index is 334. The molecule has 4 unspecified atom stereocenters. The molecule has 16 heavy (non-hydrogen) atoms. The van der Waals surface area contributed by atoms with Gasteiger partial charge in [0.15, 0.2) is 0 Å². The first-order valence-electron chi connectivity index (χ1n) is 6.30. The first kappa shape index (κ1) is 10.3. The normalized spacial score (nSPS) is 44.6. The van der Waals surface area contributed by atoms with Crippen molar-refractivity contribution in [1.29, 1.82) is 0 Å². The van der Waals surface area contributed by atoms with Gasteiger partial charge in [-0.15, -0.1) is 0 Å². The summed E-state index contributed by atoms with van der Waals surface area (Å²) >= 11 is 0. The van der Waals surface area contributed by atoms with Gasteiger partial charge < -0.3 is 10.4 Å². The van der Waals surface area contributed by atoms with Crippen LogP contribution in [0, 0.1) is 23.7 Å². The van der Waals surface area contributed by atoms with Crippen LogP contribution in [0.5, 0.6) is 0 Å². The number of nitrogens with one attached hydrogen (secondary N) is 1. The van der Waals surface area contributed by atoms with Gasteiger partial charge in [-0.3, -0.25) is 0 Å². The van der Waals surface area contributed by atoms with E-state index in [1.165, 1.54) is 25.3 Å². The molecule has 2 bridgehead atoms. The Morgan fingerprint density at radius 2 is 2.00 bits per heavy atom. The van der Waals surface area contributed by atoms with Gasteiger partial charge >= 0.3 is 5.97 Å². The van der Waals surface area contributed by atoms with Gasteiger partial charge in [0.25, 0.3) is 0 Å². The Kier molecular flexibility index (Phi) is 2.32. The molecule has 3 rings (SSSR count). The molecule has 0 aromatic rings. The van der Waals surface area contributed by atoms with Crippen LogP contribution in [0.1, 0.15) is 26.2 Å². The summed E-state index contributed by atoms with van der Waals surface area (Å²) in [5, 5.41) is 12.1. The van der Waals surface area contributed by atoms with Crippen molar-refractivity contribution in [2.75, 3.05) is 6.54 Å². The van der Waals surface area contributed by atoms with Crippen LogP contribution in [0.25, 0.3) is 0 Å². The van der Waals surface area contributed by atoms with Gasteiger partial charge in [-0.1, -0.05) is 5.57 Å². The van der Waals surface area contributed by atoms with Gasteiger partial charge in [0.1, 0.15) is 0 Å². The van der Waals surface area contributed by atoms with E-state index in [4.69, 9.17) is 5.11 Å². The predicted molar refractivity (Wildman–Crippen MR) is 61.0 cm³/mol. The van der Waals surface area contributed by atoms with Gasteiger partial charge in [-0.05, 0) is 49.9 Å². The van der Waals surface area contributed by atoms with E-state index in [9.17, 15) is 4.79 Å². The monoisotopic (exact) mass is 221 g/mol. The molecule has 3 nitrogen and oxygen atoms in total. The molecule has 3 heteroatoms. The summed E-state index contributed by atoms with van der Waals surface area (Å²) in [4.78, 5) is 10.5. The number of carboxylic acid groups (broad SMARTS) is 1. The molecular weight excluding hydrogens is 202 g/mol. The second-order valence-corrected chi connectivity index (χ2v) is 5.72. The maximum atomic E-state index is 10.5. The van der Waals surface area contributed by atoms with Crippen LogP contribution in [0.15, 0.2) is 11.6 Å². The Morgan fingerprint density at radius 1 is 1.38 bits per heavy atom. The van der Waals surface area contributed by atoms with Crippen LogP contribution in [0.2, 0.25) is 0 Å². The molecule has 0 spiro atoms. The van der Waals surface area contributed by atoms with Crippen LogP contribution in [-0.4, -0.2) is 23.7 Å². The van der Waals surface area contributed by atoms with Crippen LogP contribution in [-0.2, 0) is 4.79 Å². The summed E-state index contributed by atoms with van der Waals surface area (Å²) in [5.41, 5.74) is 0.921. The number of carboxylic acids is 1. The van der Waals surface area contributed by atoms with Crippen LogP contribution >= 0.6 is 0 Å². The molecule has 0 aromatic carbocycles. The summed E-state index contributed by atoms with van der Waals surface area (Å²) in [7, 11) is 0. The lowest BCUT2D eigenvalue weighted by atomic mass is 10.0. The zero-order valence-electron chi connectivity index (χ0n) is 9.65. The third-order valence-electron chi connectivity index (χ3n) is 4.72. The topological polar surface area (TPSA) is 49.3 Å². The summed E-state index contributed by atoms with van der Waals surface area (Å²) in [5.74, 6) is 2.98. The molecule has 0 aliphatic heterocycles. The third-order valence-corrected chi connectivity index (χ3v) is 4.72. The quantitative estimate of drug-likeness (QED) is 0.710. The van der Waals surface area contributed by atoms with Crippen molar-refractivity contribution < 1.29 is 9.90 Å². The maximum absolute atomic E-state index is 10.5. The largest absolute Gasteiger partial charge is 0.478 e. The van der Waals surface area contributed by atoms with E-state index >= 15 is 0 Å². The van der Waals surface area contributed by atoms with Crippen molar-refractivity contribution in [2.24, 2.45) is 23.7 Å². The van der Waals surface area contributed by atoms with Crippen molar-refractivity contribution >= 4 is 5.97 Å². The summed E-state index contributed by atoms with van der Waals surface area (Å²) in [6, 6.07) is 0.698. The van der Waals surface area contributed by atoms with Gasteiger partial charge in [0, 0.05) is 18.7 Å². The van der Waals surface area contributed by atoms with E-state index in [0.29, 0.717) is 6.04 Å². The fourth-order valence-electron chi connectivity index (χ4n) is 4.14. The summed E-state index contributed by atoms with van der Waals surface area (Å²) in [6.45, 7) is 2.62. The second kappa shape index (κ2) is 3.59. The Balaban J connectivity index is 1.50. The first-order chi connectivity index (χ1) is 7.66. The summed E-state index contributed by atoms with van der Waals surface area (Å²) in [6.07, 6.45) is 5.65. The molecule has 3 saturated carbocycles. The van der Waals surface area contributed by atoms with Crippen molar-refractivity contribution in [3.8, 4) is 0 Å². The lowest BCUT2D eigenvalue weighted by molar-refractivity contribution is -0.131. The predicted octanol–water partition coefficient (Wildman–Crippen LogP) is 1.65. The van der Waals surface area contributed by atoms with E-state index in [0.717, 1.165) is 35.8 Å².